The molecular formula is C33H51FN6O9S. The maximum atomic E-state index is 13.7. The zero-order valence-corrected chi connectivity index (χ0v) is 29.2. The fraction of sp³-hybridized carbons (Fsp3) is 0.576. The predicted molar refractivity (Wildman–Crippen MR) is 184 cm³/mol. The molecule has 15 nitrogen and oxygen atoms in total. The highest BCUT2D eigenvalue weighted by Crippen LogP contribution is 2.35. The van der Waals surface area contributed by atoms with E-state index in [1.807, 2.05) is 0 Å². The van der Waals surface area contributed by atoms with Gasteiger partial charge in [-0.1, -0.05) is 6.07 Å². The highest BCUT2D eigenvalue weighted by molar-refractivity contribution is 7.89. The Balaban J connectivity index is 1.10. The summed E-state index contributed by atoms with van der Waals surface area (Å²) >= 11 is 0. The number of nitrogens with one attached hydrogen (secondary N) is 5. The molecule has 1 aliphatic rings. The number of carbonyl (C=O) groups is 2. The Morgan fingerprint density at radius 3 is 1.84 bits per heavy atom. The van der Waals surface area contributed by atoms with Crippen molar-refractivity contribution in [3.05, 3.63) is 59.4 Å². The van der Waals surface area contributed by atoms with Gasteiger partial charge in [-0.25, -0.2) is 27.1 Å². The Kier molecular flexibility index (Phi) is 19.4. The molecule has 3 rings (SSSR count). The van der Waals surface area contributed by atoms with Crippen LogP contribution >= 0.6 is 0 Å². The fourth-order valence-corrected chi connectivity index (χ4v) is 5.84. The van der Waals surface area contributed by atoms with Crippen molar-refractivity contribution in [2.24, 2.45) is 5.73 Å². The van der Waals surface area contributed by atoms with E-state index >= 15 is 0 Å². The first-order valence-electron chi connectivity index (χ1n) is 16.9. The van der Waals surface area contributed by atoms with Crippen LogP contribution < -0.4 is 36.5 Å². The Morgan fingerprint density at radius 2 is 1.26 bits per heavy atom. The second-order valence-electron chi connectivity index (χ2n) is 11.2. The monoisotopic (exact) mass is 726 g/mol. The van der Waals surface area contributed by atoms with Gasteiger partial charge < -0.3 is 50.7 Å². The summed E-state index contributed by atoms with van der Waals surface area (Å²) in [6, 6.07) is 10.2. The number of sulfonamides is 1. The van der Waals surface area contributed by atoms with E-state index < -0.39 is 10.0 Å². The van der Waals surface area contributed by atoms with Crippen molar-refractivity contribution in [2.45, 2.75) is 36.7 Å². The van der Waals surface area contributed by atoms with Gasteiger partial charge in [-0.05, 0) is 73.2 Å². The van der Waals surface area contributed by atoms with E-state index in [-0.39, 0.29) is 55.2 Å². The minimum Gasteiger partial charge on any atom is -0.486 e. The number of amides is 4. The summed E-state index contributed by atoms with van der Waals surface area (Å²) in [5, 5.41) is 10.9. The highest BCUT2D eigenvalue weighted by Gasteiger charge is 2.25. The molecule has 0 saturated heterocycles. The molecule has 0 fully saturated rings. The molecule has 1 aliphatic carbocycles. The lowest BCUT2D eigenvalue weighted by molar-refractivity contribution is 0.0516. The van der Waals surface area contributed by atoms with E-state index in [4.69, 9.17) is 29.4 Å². The number of unbranched alkanes of at least 4 members (excludes halogenated alkanes) is 1. The highest BCUT2D eigenvalue weighted by atomic mass is 32.2. The van der Waals surface area contributed by atoms with Gasteiger partial charge in [0.15, 0.2) is 0 Å². The number of halogens is 1. The van der Waals surface area contributed by atoms with Gasteiger partial charge in [-0.15, -0.1) is 0 Å². The Bertz CT molecular complexity index is 1390. The summed E-state index contributed by atoms with van der Waals surface area (Å²) in [6.45, 7) is 5.01. The topological polar surface area (TPSA) is 201 Å². The molecule has 0 unspecified atom stereocenters. The molecule has 0 heterocycles. The first-order chi connectivity index (χ1) is 24.3. The number of urea groups is 2. The Morgan fingerprint density at radius 1 is 0.720 bits per heavy atom. The van der Waals surface area contributed by atoms with E-state index in [1.54, 1.807) is 18.2 Å². The molecule has 0 aliphatic heterocycles. The van der Waals surface area contributed by atoms with E-state index in [0.717, 1.165) is 24.0 Å². The van der Waals surface area contributed by atoms with Crippen LogP contribution in [-0.2, 0) is 35.4 Å². The molecule has 0 bridgehead atoms. The van der Waals surface area contributed by atoms with Crippen LogP contribution in [0.15, 0.2) is 47.4 Å². The minimum absolute atomic E-state index is 0.0818. The summed E-state index contributed by atoms with van der Waals surface area (Å²) in [7, 11) is -3.74. The number of hydrogen-bond acceptors (Lipinski definition) is 10. The smallest absolute Gasteiger partial charge is 0.314 e. The lowest BCUT2D eigenvalue weighted by atomic mass is 10.1. The number of benzene rings is 2. The third kappa shape index (κ3) is 16.4. The normalized spacial score (nSPS) is 13.8. The number of fused-ring (bicyclic) bond motifs is 1. The fourth-order valence-electron chi connectivity index (χ4n) is 4.83. The molecule has 0 spiro atoms. The van der Waals surface area contributed by atoms with Gasteiger partial charge in [0.2, 0.25) is 10.0 Å². The number of aryl methyl sites for hydroxylation is 1. The second-order valence-corrected chi connectivity index (χ2v) is 12.9. The number of hydrogen-bond donors (Lipinski definition) is 6. The average Bonchev–Trinajstić information content (AvgIpc) is 3.49. The lowest BCUT2D eigenvalue weighted by Gasteiger charge is -2.15. The predicted octanol–water partition coefficient (Wildman–Crippen LogP) is 1.57. The van der Waals surface area contributed by atoms with E-state index in [2.05, 4.69) is 26.0 Å². The molecule has 0 radical (unpaired) electrons. The molecule has 2 aromatic carbocycles. The molecule has 50 heavy (non-hydrogen) atoms. The molecule has 1 atom stereocenters. The van der Waals surface area contributed by atoms with Gasteiger partial charge in [-0.3, -0.25) is 0 Å². The van der Waals surface area contributed by atoms with Crippen LogP contribution in [0.5, 0.6) is 5.75 Å². The van der Waals surface area contributed by atoms with E-state index in [1.165, 1.54) is 24.3 Å². The van der Waals surface area contributed by atoms with E-state index in [9.17, 15) is 22.4 Å². The molecular weight excluding hydrogens is 675 g/mol. The largest absolute Gasteiger partial charge is 0.486 e. The van der Waals surface area contributed by atoms with Crippen molar-refractivity contribution in [1.29, 1.82) is 0 Å². The van der Waals surface area contributed by atoms with Crippen LogP contribution in [-0.4, -0.2) is 113 Å². The number of nitrogens with two attached hydrogens (primary N) is 1. The summed E-state index contributed by atoms with van der Waals surface area (Å²) in [6.07, 6.45) is 2.67. The first-order valence-corrected chi connectivity index (χ1v) is 18.4. The number of ether oxygens (including phenoxy) is 5. The third-order valence-corrected chi connectivity index (χ3v) is 8.80. The average molecular weight is 727 g/mol. The summed E-state index contributed by atoms with van der Waals surface area (Å²) in [5.74, 6) is 0.200. The van der Waals surface area contributed by atoms with Crippen molar-refractivity contribution >= 4 is 22.1 Å². The first kappa shape index (κ1) is 40.8. The molecule has 0 saturated carbocycles. The molecule has 4 amide bonds. The van der Waals surface area contributed by atoms with E-state index in [0.29, 0.717) is 84.3 Å². The molecule has 0 aromatic heterocycles. The summed E-state index contributed by atoms with van der Waals surface area (Å²) in [4.78, 5) is 23.7. The van der Waals surface area contributed by atoms with Crippen LogP contribution in [0.4, 0.5) is 14.0 Å². The van der Waals surface area contributed by atoms with Gasteiger partial charge in [-0.2, -0.15) is 0 Å². The summed E-state index contributed by atoms with van der Waals surface area (Å²) < 4.78 is 68.8. The van der Waals surface area contributed by atoms with Crippen LogP contribution in [0, 0.1) is 5.82 Å². The molecule has 17 heteroatoms. The standard InChI is InChI=1S/C33H51FN6O9S/c34-27-5-3-26-4-10-31(30(26)25-27)49-28-6-8-29(9-7-28)50(43,44)40-16-20-48-24-23-47-19-15-39-33(42)37-13-2-1-12-36-32(41)38-14-18-46-22-21-45-17-11-35/h3,5-9,25,31,40H,1-2,4,10-24,35H2,(H2,36,38,41)(H2,37,39,42)/t31-/m1/s1. The van der Waals surface area contributed by atoms with Crippen molar-refractivity contribution in [2.75, 3.05) is 92.1 Å². The van der Waals surface area contributed by atoms with Gasteiger partial charge in [0, 0.05) is 39.3 Å². The van der Waals surface area contributed by atoms with Gasteiger partial charge in [0.25, 0.3) is 0 Å². The molecule has 280 valence electrons. The molecule has 2 aromatic rings. The zero-order chi connectivity index (χ0) is 35.9. The van der Waals surface area contributed by atoms with Crippen LogP contribution in [0.3, 0.4) is 0 Å². The van der Waals surface area contributed by atoms with Crippen molar-refractivity contribution in [1.82, 2.24) is 26.0 Å². The van der Waals surface area contributed by atoms with Crippen molar-refractivity contribution in [3.8, 4) is 5.75 Å². The quantitative estimate of drug-likeness (QED) is 0.0774. The maximum absolute atomic E-state index is 13.7. The maximum Gasteiger partial charge on any atom is 0.314 e. The summed E-state index contributed by atoms with van der Waals surface area (Å²) in [5.41, 5.74) is 7.20. The Labute approximate surface area is 293 Å². The zero-order valence-electron chi connectivity index (χ0n) is 28.4. The van der Waals surface area contributed by atoms with Crippen LogP contribution in [0.2, 0.25) is 0 Å². The lowest BCUT2D eigenvalue weighted by Crippen LogP contribution is -2.39. The van der Waals surface area contributed by atoms with Crippen molar-refractivity contribution in [3.63, 3.8) is 0 Å². The van der Waals surface area contributed by atoms with Crippen LogP contribution in [0.1, 0.15) is 36.5 Å². The minimum atomic E-state index is -3.74. The number of carbonyl (C=O) groups excluding carboxylic acids is 2. The second kappa shape index (κ2) is 23.8. The Hall–Kier alpha value is -3.58. The van der Waals surface area contributed by atoms with Gasteiger partial charge in [0.1, 0.15) is 17.7 Å². The van der Waals surface area contributed by atoms with Gasteiger partial charge in [0.05, 0.1) is 57.8 Å². The SMILES string of the molecule is NCCOCCOCCNC(=O)NCCCCNC(=O)NCCOCCOCCNS(=O)(=O)c1ccc(O[C@@H]2CCc3ccc(F)cc32)cc1. The molecule has 7 N–H and O–H groups in total. The van der Waals surface area contributed by atoms with Crippen molar-refractivity contribution < 1.29 is 46.1 Å². The number of rotatable bonds is 26. The third-order valence-electron chi connectivity index (χ3n) is 7.33. The van der Waals surface area contributed by atoms with Crippen LogP contribution in [0.25, 0.3) is 0 Å². The van der Waals surface area contributed by atoms with Gasteiger partial charge >= 0.3 is 12.1 Å².